The van der Waals surface area contributed by atoms with Gasteiger partial charge in [-0.1, -0.05) is 19.3 Å². The zero-order valence-electron chi connectivity index (χ0n) is 15.8. The van der Waals surface area contributed by atoms with Gasteiger partial charge in [0.25, 0.3) is 0 Å². The number of carbonyl (C=O) groups excluding carboxylic acids is 1. The quantitative estimate of drug-likeness (QED) is 0.768. The van der Waals surface area contributed by atoms with Gasteiger partial charge < -0.3 is 4.74 Å². The van der Waals surface area contributed by atoms with Crippen molar-refractivity contribution >= 4 is 28.4 Å². The Morgan fingerprint density at radius 1 is 1.21 bits per heavy atom. The van der Waals surface area contributed by atoms with Crippen molar-refractivity contribution in [1.82, 2.24) is 0 Å². The molecule has 1 aromatic carbocycles. The normalized spacial score (nSPS) is 23.4. The first-order valence-electron chi connectivity index (χ1n) is 9.32. The second-order valence-corrected chi connectivity index (χ2v) is 8.19. The Kier molecular flexibility index (Phi) is 6.16. The van der Waals surface area contributed by atoms with Crippen molar-refractivity contribution in [3.63, 3.8) is 0 Å². The summed E-state index contributed by atoms with van der Waals surface area (Å²) in [6, 6.07) is 11.5. The van der Waals surface area contributed by atoms with Gasteiger partial charge in [0.15, 0.2) is 5.78 Å². The summed E-state index contributed by atoms with van der Waals surface area (Å²) in [6.45, 7) is 0. The van der Waals surface area contributed by atoms with Crippen LogP contribution >= 0.6 is 11.8 Å². The third-order valence-electron chi connectivity index (χ3n) is 5.71. The number of rotatable bonds is 4. The molecule has 2 aliphatic rings. The summed E-state index contributed by atoms with van der Waals surface area (Å²) >= 11 is 1.22. The molecule has 144 valence electrons. The predicted octanol–water partition coefficient (Wildman–Crippen LogP) is 4.23. The molecule has 28 heavy (non-hydrogen) atoms. The first-order valence-corrected chi connectivity index (χ1v) is 10.3. The molecule has 1 fully saturated rings. The highest BCUT2D eigenvalue weighted by Gasteiger charge is 2.53. The number of carbonyl (C=O) groups is 1. The van der Waals surface area contributed by atoms with Gasteiger partial charge in [-0.25, -0.2) is 4.99 Å². The molecule has 0 amide bonds. The number of hydrogen-bond acceptors (Lipinski definition) is 6. The fourth-order valence-corrected chi connectivity index (χ4v) is 5.27. The van der Waals surface area contributed by atoms with Crippen LogP contribution in [0.15, 0.2) is 29.3 Å². The van der Waals surface area contributed by atoms with Crippen LogP contribution in [-0.4, -0.2) is 29.5 Å². The maximum absolute atomic E-state index is 12.5. The van der Waals surface area contributed by atoms with E-state index in [9.17, 15) is 15.3 Å². The summed E-state index contributed by atoms with van der Waals surface area (Å²) in [5.41, 5.74) is 0.0158. The van der Waals surface area contributed by atoms with Gasteiger partial charge >= 0.3 is 0 Å². The predicted molar refractivity (Wildman–Crippen MR) is 109 cm³/mol. The van der Waals surface area contributed by atoms with Gasteiger partial charge in [-0.05, 0) is 37.1 Å². The molecule has 0 saturated heterocycles. The molecule has 2 atom stereocenters. The van der Waals surface area contributed by atoms with Crippen LogP contribution in [0.1, 0.15) is 42.5 Å². The lowest BCUT2D eigenvalue weighted by atomic mass is 9.58. The van der Waals surface area contributed by atoms with Gasteiger partial charge in [-0.3, -0.25) is 10.2 Å². The van der Waals surface area contributed by atoms with Crippen LogP contribution in [0.4, 0.5) is 0 Å². The molecule has 1 spiro atoms. The molecular formula is C21H22N4O2S. The van der Waals surface area contributed by atoms with Crippen LogP contribution in [0.2, 0.25) is 0 Å². The van der Waals surface area contributed by atoms with Gasteiger partial charge in [-0.15, -0.1) is 11.8 Å². The minimum absolute atomic E-state index is 0.0234. The molecule has 0 bridgehead atoms. The molecule has 1 aliphatic carbocycles. The number of nitriles is 2. The zero-order valence-corrected chi connectivity index (χ0v) is 16.6. The number of nitrogens with one attached hydrogen (secondary N) is 1. The standard InChI is InChI=1S/C21H22N4O2S/c1-27-15-7-5-14(6-8-15)18(26)13-28-20-17(12-23)21(9-3-2-4-10-21)16(11-22)19(24)25-20/h5-8,16-17,24H,2-4,9-10,13H2,1H3. The summed E-state index contributed by atoms with van der Waals surface area (Å²) in [7, 11) is 1.57. The molecule has 1 N–H and O–H groups in total. The van der Waals surface area contributed by atoms with E-state index in [0.29, 0.717) is 16.4 Å². The number of methoxy groups -OCH3 is 1. The molecule has 6 nitrogen and oxygen atoms in total. The molecule has 7 heteroatoms. The summed E-state index contributed by atoms with van der Waals surface area (Å²) < 4.78 is 5.11. The highest BCUT2D eigenvalue weighted by Crippen LogP contribution is 2.52. The maximum atomic E-state index is 12.5. The van der Waals surface area contributed by atoms with Crippen molar-refractivity contribution in [2.45, 2.75) is 32.1 Å². The summed E-state index contributed by atoms with van der Waals surface area (Å²) in [4.78, 5) is 16.8. The van der Waals surface area contributed by atoms with Crippen molar-refractivity contribution in [3.05, 3.63) is 29.8 Å². The number of aliphatic imine (C=N–C) groups is 1. The Morgan fingerprint density at radius 2 is 1.86 bits per heavy atom. The van der Waals surface area contributed by atoms with E-state index in [1.807, 2.05) is 0 Å². The second kappa shape index (κ2) is 8.58. The fraction of sp³-hybridized carbons (Fsp3) is 0.476. The Hall–Kier alpha value is -2.64. The van der Waals surface area contributed by atoms with Gasteiger partial charge in [-0.2, -0.15) is 10.5 Å². The number of ether oxygens (including phenoxy) is 1. The van der Waals surface area contributed by atoms with Gasteiger partial charge in [0, 0.05) is 11.0 Å². The van der Waals surface area contributed by atoms with Crippen LogP contribution in [0.3, 0.4) is 0 Å². The molecular weight excluding hydrogens is 372 g/mol. The van der Waals surface area contributed by atoms with Gasteiger partial charge in [0.05, 0.1) is 30.0 Å². The van der Waals surface area contributed by atoms with E-state index in [1.54, 1.807) is 31.4 Å². The number of nitrogens with zero attached hydrogens (tertiary/aromatic N) is 3. The smallest absolute Gasteiger partial charge is 0.173 e. The van der Waals surface area contributed by atoms with Crippen molar-refractivity contribution in [2.24, 2.45) is 22.2 Å². The largest absolute Gasteiger partial charge is 0.497 e. The average Bonchev–Trinajstić information content (AvgIpc) is 2.73. The van der Waals surface area contributed by atoms with E-state index >= 15 is 0 Å². The SMILES string of the molecule is COc1ccc(C(=O)CSC2=NC(=N)C(C#N)C3(CCCCC3)C2C#N)cc1. The number of thioether (sulfide) groups is 1. The number of amidine groups is 1. The summed E-state index contributed by atoms with van der Waals surface area (Å²) in [6.07, 6.45) is 4.48. The monoisotopic (exact) mass is 394 g/mol. The van der Waals surface area contributed by atoms with E-state index in [4.69, 9.17) is 10.1 Å². The third-order valence-corrected chi connectivity index (χ3v) is 6.74. The second-order valence-electron chi connectivity index (χ2n) is 7.19. The third kappa shape index (κ3) is 3.68. The highest BCUT2D eigenvalue weighted by molar-refractivity contribution is 8.14. The molecule has 2 unspecified atom stereocenters. The zero-order chi connectivity index (χ0) is 20.1. The first kappa shape index (κ1) is 20.1. The Balaban J connectivity index is 1.80. The molecule has 1 aromatic rings. The van der Waals surface area contributed by atoms with Crippen LogP contribution < -0.4 is 4.74 Å². The first-order chi connectivity index (χ1) is 13.6. The van der Waals surface area contributed by atoms with Gasteiger partial charge in [0.2, 0.25) is 0 Å². The molecule has 1 heterocycles. The van der Waals surface area contributed by atoms with Crippen LogP contribution in [0, 0.1) is 45.3 Å². The van der Waals surface area contributed by atoms with E-state index in [2.05, 4.69) is 17.1 Å². The molecule has 0 aromatic heterocycles. The van der Waals surface area contributed by atoms with Crippen LogP contribution in [0.5, 0.6) is 5.75 Å². The van der Waals surface area contributed by atoms with E-state index in [-0.39, 0.29) is 17.4 Å². The van der Waals surface area contributed by atoms with E-state index < -0.39 is 17.3 Å². The lowest BCUT2D eigenvalue weighted by Gasteiger charge is -2.45. The molecule has 3 rings (SSSR count). The number of benzene rings is 1. The maximum Gasteiger partial charge on any atom is 0.173 e. The topological polar surface area (TPSA) is 110 Å². The van der Waals surface area contributed by atoms with Crippen LogP contribution in [-0.2, 0) is 0 Å². The minimum Gasteiger partial charge on any atom is -0.497 e. The van der Waals surface area contributed by atoms with Crippen molar-refractivity contribution < 1.29 is 9.53 Å². The Bertz CT molecular complexity index is 873. The van der Waals surface area contributed by atoms with Crippen molar-refractivity contribution in [1.29, 1.82) is 15.9 Å². The lowest BCUT2D eigenvalue weighted by Crippen LogP contribution is -2.48. The van der Waals surface area contributed by atoms with Gasteiger partial charge in [0.1, 0.15) is 23.4 Å². The van der Waals surface area contributed by atoms with E-state index in [1.165, 1.54) is 11.8 Å². The number of ketones is 1. The highest BCUT2D eigenvalue weighted by atomic mass is 32.2. The lowest BCUT2D eigenvalue weighted by molar-refractivity contribution is 0.102. The fourth-order valence-electron chi connectivity index (χ4n) is 4.21. The molecule has 1 saturated carbocycles. The number of hydrogen-bond donors (Lipinski definition) is 1. The van der Waals surface area contributed by atoms with Crippen LogP contribution in [0.25, 0.3) is 0 Å². The Labute approximate surface area is 169 Å². The minimum atomic E-state index is -0.654. The number of Topliss-reactive ketones (excluding diaryl/α,β-unsaturated/α-hetero) is 1. The summed E-state index contributed by atoms with van der Waals surface area (Å²) in [5.74, 6) is -0.418. The Morgan fingerprint density at radius 3 is 2.43 bits per heavy atom. The molecule has 1 aliphatic heterocycles. The molecule has 0 radical (unpaired) electrons. The van der Waals surface area contributed by atoms with E-state index in [0.717, 1.165) is 32.1 Å². The van der Waals surface area contributed by atoms with Crippen molar-refractivity contribution in [2.75, 3.05) is 12.9 Å². The average molecular weight is 395 g/mol. The van der Waals surface area contributed by atoms with Crippen molar-refractivity contribution in [3.8, 4) is 17.9 Å². The summed E-state index contributed by atoms with van der Waals surface area (Å²) in [5, 5.41) is 28.3.